The van der Waals surface area contributed by atoms with Crippen molar-refractivity contribution >= 4 is 34.5 Å². The number of nitrogens with zero attached hydrogens (tertiary/aromatic N) is 3. The number of aromatic amines is 1. The van der Waals surface area contributed by atoms with Gasteiger partial charge in [0.1, 0.15) is 16.9 Å². The van der Waals surface area contributed by atoms with Crippen molar-refractivity contribution in [3.05, 3.63) is 41.4 Å². The maximum atomic E-state index is 6.39. The molecule has 0 radical (unpaired) electrons. The summed E-state index contributed by atoms with van der Waals surface area (Å²) in [6.07, 6.45) is 3.12. The second-order valence-corrected chi connectivity index (χ2v) is 6.02. The Morgan fingerprint density at radius 2 is 2.14 bits per heavy atom. The van der Waals surface area contributed by atoms with Gasteiger partial charge in [0.25, 0.3) is 0 Å². The molecule has 2 aromatic heterocycles. The van der Waals surface area contributed by atoms with Gasteiger partial charge in [-0.15, -0.1) is 0 Å². The van der Waals surface area contributed by atoms with E-state index in [1.54, 1.807) is 6.33 Å². The quantitative estimate of drug-likeness (QED) is 0.721. The molecular formula is C14H14ClN5S. The van der Waals surface area contributed by atoms with Gasteiger partial charge in [-0.3, -0.25) is 0 Å². The Bertz CT molecular complexity index is 773. The van der Waals surface area contributed by atoms with Gasteiger partial charge in [0.05, 0.1) is 11.3 Å². The number of imidazole rings is 1. The van der Waals surface area contributed by atoms with E-state index in [2.05, 4.69) is 38.2 Å². The molecule has 2 N–H and O–H groups in total. The molecule has 0 spiro atoms. The molecule has 0 amide bonds. The highest BCUT2D eigenvalue weighted by molar-refractivity contribution is 7.99. The van der Waals surface area contributed by atoms with Crippen LogP contribution in [-0.4, -0.2) is 27.0 Å². The lowest BCUT2D eigenvalue weighted by atomic mass is 10.1. The van der Waals surface area contributed by atoms with E-state index in [4.69, 9.17) is 11.6 Å². The van der Waals surface area contributed by atoms with Crippen molar-refractivity contribution in [2.45, 2.75) is 22.9 Å². The standard InChI is InChI=1S/C14H14ClN5S/c1-8(16-2)9-3-4-11(10(15)5-9)21-14-12-13(18-6-17-12)19-7-20-14/h3-8,16H,1-2H3,(H,17,18,19,20). The van der Waals surface area contributed by atoms with Crippen molar-refractivity contribution in [2.24, 2.45) is 0 Å². The topological polar surface area (TPSA) is 66.5 Å². The summed E-state index contributed by atoms with van der Waals surface area (Å²) in [5.74, 6) is 0. The van der Waals surface area contributed by atoms with Crippen LogP contribution in [0, 0.1) is 0 Å². The highest BCUT2D eigenvalue weighted by Crippen LogP contribution is 2.35. The first kappa shape index (κ1) is 14.3. The Morgan fingerprint density at radius 1 is 1.29 bits per heavy atom. The van der Waals surface area contributed by atoms with E-state index in [9.17, 15) is 0 Å². The van der Waals surface area contributed by atoms with Gasteiger partial charge < -0.3 is 10.3 Å². The lowest BCUT2D eigenvalue weighted by molar-refractivity contribution is 0.652. The maximum Gasteiger partial charge on any atom is 0.181 e. The van der Waals surface area contributed by atoms with Crippen LogP contribution >= 0.6 is 23.4 Å². The summed E-state index contributed by atoms with van der Waals surface area (Å²) in [4.78, 5) is 16.5. The average Bonchev–Trinajstić information content (AvgIpc) is 2.98. The van der Waals surface area contributed by atoms with Crippen LogP contribution in [0.5, 0.6) is 0 Å². The third-order valence-corrected chi connectivity index (χ3v) is 4.79. The Hall–Kier alpha value is -1.63. The fraction of sp³-hybridized carbons (Fsp3) is 0.214. The van der Waals surface area contributed by atoms with Crippen LogP contribution in [0.2, 0.25) is 5.02 Å². The lowest BCUT2D eigenvalue weighted by Crippen LogP contribution is -2.12. The second kappa shape index (κ2) is 6.01. The zero-order chi connectivity index (χ0) is 14.8. The van der Waals surface area contributed by atoms with E-state index in [1.165, 1.54) is 18.1 Å². The fourth-order valence-electron chi connectivity index (χ4n) is 1.96. The van der Waals surface area contributed by atoms with E-state index in [-0.39, 0.29) is 6.04 Å². The molecule has 3 aromatic rings. The zero-order valence-electron chi connectivity index (χ0n) is 11.6. The highest BCUT2D eigenvalue weighted by atomic mass is 35.5. The molecule has 3 rings (SSSR count). The van der Waals surface area contributed by atoms with E-state index < -0.39 is 0 Å². The Morgan fingerprint density at radius 3 is 2.90 bits per heavy atom. The van der Waals surface area contributed by atoms with Crippen LogP contribution in [0.3, 0.4) is 0 Å². The van der Waals surface area contributed by atoms with Gasteiger partial charge in [-0.1, -0.05) is 29.4 Å². The van der Waals surface area contributed by atoms with Crippen molar-refractivity contribution in [3.8, 4) is 0 Å². The van der Waals surface area contributed by atoms with Gasteiger partial charge in [-0.2, -0.15) is 0 Å². The Labute approximate surface area is 131 Å². The minimum Gasteiger partial charge on any atom is -0.341 e. The largest absolute Gasteiger partial charge is 0.341 e. The van der Waals surface area contributed by atoms with Crippen molar-refractivity contribution in [1.82, 2.24) is 25.3 Å². The molecule has 0 saturated heterocycles. The SMILES string of the molecule is CNC(C)c1ccc(Sc2ncnc3nc[nH]c23)c(Cl)c1. The predicted octanol–water partition coefficient (Wildman–Crippen LogP) is 3.44. The molecule has 21 heavy (non-hydrogen) atoms. The molecule has 0 bridgehead atoms. The summed E-state index contributed by atoms with van der Waals surface area (Å²) in [5, 5.41) is 4.73. The monoisotopic (exact) mass is 319 g/mol. The fourth-order valence-corrected chi connectivity index (χ4v) is 3.12. The van der Waals surface area contributed by atoms with Gasteiger partial charge in [0.2, 0.25) is 0 Å². The number of hydrogen-bond donors (Lipinski definition) is 2. The number of aromatic nitrogens is 4. The molecule has 2 heterocycles. The second-order valence-electron chi connectivity index (χ2n) is 4.58. The van der Waals surface area contributed by atoms with Crippen molar-refractivity contribution in [3.63, 3.8) is 0 Å². The number of hydrogen-bond acceptors (Lipinski definition) is 5. The molecule has 5 nitrogen and oxygen atoms in total. The average molecular weight is 320 g/mol. The predicted molar refractivity (Wildman–Crippen MR) is 84.7 cm³/mol. The van der Waals surface area contributed by atoms with E-state index in [1.807, 2.05) is 19.2 Å². The third kappa shape index (κ3) is 2.88. The van der Waals surface area contributed by atoms with Crippen LogP contribution in [0.1, 0.15) is 18.5 Å². The highest BCUT2D eigenvalue weighted by Gasteiger charge is 2.11. The number of fused-ring (bicyclic) bond motifs is 1. The first-order valence-corrected chi connectivity index (χ1v) is 7.67. The number of benzene rings is 1. The first-order chi connectivity index (χ1) is 10.2. The Kier molecular flexibility index (Phi) is 4.10. The summed E-state index contributed by atoms with van der Waals surface area (Å²) >= 11 is 7.89. The summed E-state index contributed by atoms with van der Waals surface area (Å²) in [7, 11) is 1.93. The van der Waals surface area contributed by atoms with Crippen LogP contribution < -0.4 is 5.32 Å². The van der Waals surface area contributed by atoms with Gasteiger partial charge in [-0.25, -0.2) is 15.0 Å². The molecule has 0 fully saturated rings. The maximum absolute atomic E-state index is 6.39. The molecule has 108 valence electrons. The van der Waals surface area contributed by atoms with Crippen LogP contribution in [0.25, 0.3) is 11.2 Å². The first-order valence-electron chi connectivity index (χ1n) is 6.47. The minimum atomic E-state index is 0.264. The third-order valence-electron chi connectivity index (χ3n) is 3.28. The summed E-state index contributed by atoms with van der Waals surface area (Å²) < 4.78 is 0. The van der Waals surface area contributed by atoms with Crippen LogP contribution in [0.15, 0.2) is 40.8 Å². The number of nitrogens with one attached hydrogen (secondary N) is 2. The van der Waals surface area contributed by atoms with Gasteiger partial charge >= 0.3 is 0 Å². The summed E-state index contributed by atoms with van der Waals surface area (Å²) in [5.41, 5.74) is 2.64. The van der Waals surface area contributed by atoms with E-state index >= 15 is 0 Å². The minimum absolute atomic E-state index is 0.264. The molecule has 1 atom stereocenters. The molecule has 1 aromatic carbocycles. The van der Waals surface area contributed by atoms with Crippen LogP contribution in [-0.2, 0) is 0 Å². The molecule has 7 heteroatoms. The molecule has 0 aliphatic heterocycles. The van der Waals surface area contributed by atoms with Gasteiger partial charge in [0.15, 0.2) is 5.65 Å². The molecule has 1 unspecified atom stereocenters. The Balaban J connectivity index is 1.93. The zero-order valence-corrected chi connectivity index (χ0v) is 13.2. The van der Waals surface area contributed by atoms with Gasteiger partial charge in [-0.05, 0) is 31.7 Å². The van der Waals surface area contributed by atoms with E-state index in [0.717, 1.165) is 21.0 Å². The normalized spacial score (nSPS) is 12.7. The molecule has 0 saturated carbocycles. The smallest absolute Gasteiger partial charge is 0.181 e. The summed E-state index contributed by atoms with van der Waals surface area (Å²) in [6, 6.07) is 6.33. The number of H-pyrrole nitrogens is 1. The van der Waals surface area contributed by atoms with Crippen LogP contribution in [0.4, 0.5) is 0 Å². The van der Waals surface area contributed by atoms with Crippen molar-refractivity contribution < 1.29 is 0 Å². The lowest BCUT2D eigenvalue weighted by Gasteiger charge is -2.12. The summed E-state index contributed by atoms with van der Waals surface area (Å²) in [6.45, 7) is 2.09. The van der Waals surface area contributed by atoms with Crippen molar-refractivity contribution in [2.75, 3.05) is 7.05 Å². The molecule has 0 aliphatic rings. The van der Waals surface area contributed by atoms with Gasteiger partial charge in [0, 0.05) is 10.9 Å². The van der Waals surface area contributed by atoms with Crippen molar-refractivity contribution in [1.29, 1.82) is 0 Å². The molecular weight excluding hydrogens is 306 g/mol. The molecule has 0 aliphatic carbocycles. The number of halogens is 1. The number of rotatable bonds is 4. The van der Waals surface area contributed by atoms with E-state index in [0.29, 0.717) is 10.7 Å².